The van der Waals surface area contributed by atoms with E-state index in [-0.39, 0.29) is 11.5 Å². The lowest BCUT2D eigenvalue weighted by Crippen LogP contribution is -2.68. The number of hydrogen-bond donors (Lipinski definition) is 1. The Labute approximate surface area is 137 Å². The van der Waals surface area contributed by atoms with E-state index in [9.17, 15) is 4.79 Å². The summed E-state index contributed by atoms with van der Waals surface area (Å²) in [6, 6.07) is 4.40. The fourth-order valence-electron chi connectivity index (χ4n) is 4.15. The molecule has 23 heavy (non-hydrogen) atoms. The van der Waals surface area contributed by atoms with Crippen molar-refractivity contribution >= 4 is 5.91 Å². The maximum atomic E-state index is 12.1. The summed E-state index contributed by atoms with van der Waals surface area (Å²) in [6.45, 7) is 3.78. The van der Waals surface area contributed by atoms with Crippen LogP contribution in [0.25, 0.3) is 0 Å². The van der Waals surface area contributed by atoms with Gasteiger partial charge in [-0.25, -0.2) is 0 Å². The Hall–Kier alpha value is -1.46. The van der Waals surface area contributed by atoms with Crippen molar-refractivity contribution in [3.05, 3.63) is 30.1 Å². The normalized spacial score (nSPS) is 26.7. The molecule has 4 rings (SSSR count). The van der Waals surface area contributed by atoms with Gasteiger partial charge in [-0.15, -0.1) is 0 Å². The van der Waals surface area contributed by atoms with Gasteiger partial charge < -0.3 is 10.1 Å². The highest BCUT2D eigenvalue weighted by atomic mass is 16.5. The van der Waals surface area contributed by atoms with Crippen molar-refractivity contribution in [3.8, 4) is 0 Å². The van der Waals surface area contributed by atoms with Crippen LogP contribution in [-0.4, -0.2) is 53.7 Å². The minimum Gasteiger partial charge on any atom is -0.372 e. The molecule has 1 aliphatic carbocycles. The quantitative estimate of drug-likeness (QED) is 0.901. The zero-order chi connectivity index (χ0) is 15.7. The molecule has 1 aromatic heterocycles. The Morgan fingerprint density at radius 2 is 2.26 bits per heavy atom. The highest BCUT2D eigenvalue weighted by molar-refractivity contribution is 5.93. The molecule has 5 nitrogen and oxygen atoms in total. The van der Waals surface area contributed by atoms with Crippen molar-refractivity contribution in [1.29, 1.82) is 0 Å². The third kappa shape index (κ3) is 2.88. The monoisotopic (exact) mass is 315 g/mol. The molecule has 0 radical (unpaired) electrons. The largest absolute Gasteiger partial charge is 0.372 e. The summed E-state index contributed by atoms with van der Waals surface area (Å²) in [6.07, 6.45) is 9.53. The molecule has 1 N–H and O–H groups in total. The number of carbonyl (C=O) groups excluding carboxylic acids is 1. The minimum atomic E-state index is -0.0317. The van der Waals surface area contributed by atoms with Gasteiger partial charge in [-0.2, -0.15) is 0 Å². The summed E-state index contributed by atoms with van der Waals surface area (Å²) in [4.78, 5) is 18.6. The van der Waals surface area contributed by atoms with Gasteiger partial charge in [0, 0.05) is 44.7 Å². The van der Waals surface area contributed by atoms with Crippen LogP contribution in [0.4, 0.5) is 0 Å². The van der Waals surface area contributed by atoms with Gasteiger partial charge in [-0.1, -0.05) is 6.42 Å². The molecule has 3 fully saturated rings. The summed E-state index contributed by atoms with van der Waals surface area (Å²) in [5.74, 6) is 0.545. The SMILES string of the molecule is O=C(NCC[C@H]1CCOC12CN(C1CCC1)C2)c1cccnc1. The molecule has 1 saturated carbocycles. The Kier molecular flexibility index (Phi) is 4.07. The van der Waals surface area contributed by atoms with E-state index in [1.54, 1.807) is 24.5 Å². The third-order valence-electron chi connectivity index (χ3n) is 5.83. The van der Waals surface area contributed by atoms with Crippen LogP contribution in [0.2, 0.25) is 0 Å². The zero-order valence-electron chi connectivity index (χ0n) is 13.5. The summed E-state index contributed by atoms with van der Waals surface area (Å²) in [5.41, 5.74) is 0.707. The molecular weight excluding hydrogens is 290 g/mol. The van der Waals surface area contributed by atoms with Crippen molar-refractivity contribution in [1.82, 2.24) is 15.2 Å². The van der Waals surface area contributed by atoms with Gasteiger partial charge in [0.15, 0.2) is 0 Å². The molecule has 1 amide bonds. The lowest BCUT2D eigenvalue weighted by molar-refractivity contribution is -0.156. The average molecular weight is 315 g/mol. The number of rotatable bonds is 5. The average Bonchev–Trinajstić information content (AvgIpc) is 2.90. The van der Waals surface area contributed by atoms with E-state index >= 15 is 0 Å². The number of nitrogens with one attached hydrogen (secondary N) is 1. The topological polar surface area (TPSA) is 54.5 Å². The number of carbonyl (C=O) groups is 1. The van der Waals surface area contributed by atoms with Gasteiger partial charge >= 0.3 is 0 Å². The van der Waals surface area contributed by atoms with Gasteiger partial charge in [0.2, 0.25) is 0 Å². The van der Waals surface area contributed by atoms with E-state index < -0.39 is 0 Å². The molecule has 0 aromatic carbocycles. The van der Waals surface area contributed by atoms with Gasteiger partial charge in [0.25, 0.3) is 5.91 Å². The summed E-state index contributed by atoms with van der Waals surface area (Å²) in [7, 11) is 0. The second-order valence-corrected chi connectivity index (χ2v) is 7.17. The van der Waals surface area contributed by atoms with Crippen LogP contribution in [0.15, 0.2) is 24.5 Å². The number of ether oxygens (including phenoxy) is 1. The van der Waals surface area contributed by atoms with Gasteiger partial charge in [-0.05, 0) is 43.7 Å². The van der Waals surface area contributed by atoms with Crippen molar-refractivity contribution < 1.29 is 9.53 Å². The first-order chi connectivity index (χ1) is 11.3. The van der Waals surface area contributed by atoms with Crippen LogP contribution < -0.4 is 5.32 Å². The number of amides is 1. The number of pyridine rings is 1. The van der Waals surface area contributed by atoms with E-state index in [1.165, 1.54) is 19.3 Å². The summed E-state index contributed by atoms with van der Waals surface area (Å²) >= 11 is 0. The highest BCUT2D eigenvalue weighted by Crippen LogP contribution is 2.44. The number of nitrogens with zero attached hydrogens (tertiary/aromatic N) is 2. The highest BCUT2D eigenvalue weighted by Gasteiger charge is 2.54. The first kappa shape index (κ1) is 15.1. The van der Waals surface area contributed by atoms with Gasteiger partial charge in [0.1, 0.15) is 0 Å². The molecule has 2 saturated heterocycles. The Morgan fingerprint density at radius 1 is 1.39 bits per heavy atom. The summed E-state index contributed by atoms with van der Waals surface area (Å²) in [5, 5.41) is 3.02. The first-order valence-electron chi connectivity index (χ1n) is 8.83. The molecular formula is C18H25N3O2. The fourth-order valence-corrected chi connectivity index (χ4v) is 4.15. The zero-order valence-corrected chi connectivity index (χ0v) is 13.5. The lowest BCUT2D eigenvalue weighted by atomic mass is 9.76. The predicted molar refractivity (Wildman–Crippen MR) is 87.2 cm³/mol. The molecule has 124 valence electrons. The van der Waals surface area contributed by atoms with Gasteiger partial charge in [-0.3, -0.25) is 14.7 Å². The number of likely N-dealkylation sites (tertiary alicyclic amines) is 1. The van der Waals surface area contributed by atoms with E-state index in [0.29, 0.717) is 18.0 Å². The second kappa shape index (κ2) is 6.21. The van der Waals surface area contributed by atoms with Crippen molar-refractivity contribution in [2.75, 3.05) is 26.2 Å². The number of aromatic nitrogens is 1. The van der Waals surface area contributed by atoms with Crippen molar-refractivity contribution in [2.24, 2.45) is 5.92 Å². The summed E-state index contributed by atoms with van der Waals surface area (Å²) < 4.78 is 6.12. The maximum Gasteiger partial charge on any atom is 0.252 e. The van der Waals surface area contributed by atoms with Crippen LogP contribution in [0.3, 0.4) is 0 Å². The van der Waals surface area contributed by atoms with Crippen LogP contribution in [0.1, 0.15) is 42.5 Å². The van der Waals surface area contributed by atoms with Crippen molar-refractivity contribution in [3.63, 3.8) is 0 Å². The van der Waals surface area contributed by atoms with Gasteiger partial charge in [0.05, 0.1) is 11.2 Å². The van der Waals surface area contributed by atoms with E-state index in [1.807, 2.05) is 0 Å². The van der Waals surface area contributed by atoms with Crippen molar-refractivity contribution in [2.45, 2.75) is 43.7 Å². The van der Waals surface area contributed by atoms with E-state index in [0.717, 1.165) is 38.6 Å². The number of hydrogen-bond acceptors (Lipinski definition) is 4. The molecule has 3 aliphatic rings. The first-order valence-corrected chi connectivity index (χ1v) is 8.83. The van der Waals surface area contributed by atoms with Crippen LogP contribution in [0.5, 0.6) is 0 Å². The molecule has 3 heterocycles. The maximum absolute atomic E-state index is 12.1. The smallest absolute Gasteiger partial charge is 0.252 e. The predicted octanol–water partition coefficient (Wildman–Crippen LogP) is 1.84. The standard InChI is InChI=1S/C18H25N3O2/c22-17(14-3-2-8-19-11-14)20-9-6-15-7-10-23-18(15)12-21(13-18)16-4-1-5-16/h2-3,8,11,15-16H,1,4-7,9-10,12-13H2,(H,20,22)/t15-/m0/s1. The van der Waals surface area contributed by atoms with E-state index in [4.69, 9.17) is 4.74 Å². The molecule has 0 bridgehead atoms. The third-order valence-corrected chi connectivity index (χ3v) is 5.83. The second-order valence-electron chi connectivity index (χ2n) is 7.17. The Balaban J connectivity index is 1.25. The molecule has 1 aromatic rings. The Bertz CT molecular complexity index is 553. The molecule has 5 heteroatoms. The molecule has 2 aliphatic heterocycles. The molecule has 0 unspecified atom stereocenters. The van der Waals surface area contributed by atoms with Crippen LogP contribution in [0, 0.1) is 5.92 Å². The van der Waals surface area contributed by atoms with Crippen LogP contribution in [-0.2, 0) is 4.74 Å². The molecule has 1 spiro atoms. The fraction of sp³-hybridized carbons (Fsp3) is 0.667. The lowest BCUT2D eigenvalue weighted by Gasteiger charge is -2.55. The Morgan fingerprint density at radius 3 is 2.96 bits per heavy atom. The minimum absolute atomic E-state index is 0.0317. The molecule has 1 atom stereocenters. The van der Waals surface area contributed by atoms with Crippen LogP contribution >= 0.6 is 0 Å². The van der Waals surface area contributed by atoms with E-state index in [2.05, 4.69) is 15.2 Å².